The van der Waals surface area contributed by atoms with E-state index >= 15 is 0 Å². The van der Waals surface area contributed by atoms with E-state index in [0.717, 1.165) is 12.8 Å². The number of rotatable bonds is 7. The van der Waals surface area contributed by atoms with Gasteiger partial charge in [-0.2, -0.15) is 5.10 Å². The Bertz CT molecular complexity index is 507. The number of aryl methyl sites for hydroxylation is 2. The monoisotopic (exact) mass is 296 g/mol. The Morgan fingerprint density at radius 3 is 2.48 bits per heavy atom. The summed E-state index contributed by atoms with van der Waals surface area (Å²) in [7, 11) is 0. The molecule has 1 rings (SSSR count). The van der Waals surface area contributed by atoms with E-state index in [0.29, 0.717) is 17.9 Å². The summed E-state index contributed by atoms with van der Waals surface area (Å²) >= 11 is 0. The number of ether oxygens (including phenoxy) is 1. The maximum absolute atomic E-state index is 12.0. The lowest BCUT2D eigenvalue weighted by atomic mass is 10.2. The molecule has 3 N–H and O–H groups in total. The first-order valence-electron chi connectivity index (χ1n) is 7.23. The minimum atomic E-state index is -0.630. The zero-order chi connectivity index (χ0) is 16.0. The molecule has 118 valence electrons. The molecular weight excluding hydrogens is 272 g/mol. The SMILES string of the molecule is CCC(CC)NC(=O)COC(=O)c1c(N)c(C)nn1CC. The molecule has 0 aliphatic carbocycles. The molecule has 0 fully saturated rings. The maximum Gasteiger partial charge on any atom is 0.359 e. The zero-order valence-electron chi connectivity index (χ0n) is 13.1. The number of hydrogen-bond acceptors (Lipinski definition) is 5. The summed E-state index contributed by atoms with van der Waals surface area (Å²) in [5, 5.41) is 6.94. The summed E-state index contributed by atoms with van der Waals surface area (Å²) in [6.07, 6.45) is 1.68. The smallest absolute Gasteiger partial charge is 0.359 e. The highest BCUT2D eigenvalue weighted by molar-refractivity contribution is 5.95. The Morgan fingerprint density at radius 1 is 1.33 bits per heavy atom. The molecule has 1 amide bonds. The fourth-order valence-electron chi connectivity index (χ4n) is 2.00. The largest absolute Gasteiger partial charge is 0.451 e. The highest BCUT2D eigenvalue weighted by Crippen LogP contribution is 2.17. The van der Waals surface area contributed by atoms with Crippen molar-refractivity contribution in [1.29, 1.82) is 0 Å². The van der Waals surface area contributed by atoms with Crippen LogP contribution in [0.25, 0.3) is 0 Å². The molecule has 0 unspecified atom stereocenters. The highest BCUT2D eigenvalue weighted by atomic mass is 16.5. The molecule has 7 heteroatoms. The summed E-state index contributed by atoms with van der Waals surface area (Å²) < 4.78 is 6.50. The minimum Gasteiger partial charge on any atom is -0.451 e. The van der Waals surface area contributed by atoms with Crippen molar-refractivity contribution in [2.75, 3.05) is 12.3 Å². The Hall–Kier alpha value is -2.05. The van der Waals surface area contributed by atoms with E-state index in [2.05, 4.69) is 10.4 Å². The second-order valence-electron chi connectivity index (χ2n) is 4.82. The predicted octanol–water partition coefficient (Wildman–Crippen LogP) is 1.26. The molecule has 0 aromatic carbocycles. The molecule has 1 heterocycles. The molecule has 0 aliphatic heterocycles. The summed E-state index contributed by atoms with van der Waals surface area (Å²) in [5.74, 6) is -0.940. The number of esters is 1. The van der Waals surface area contributed by atoms with E-state index in [9.17, 15) is 9.59 Å². The second-order valence-corrected chi connectivity index (χ2v) is 4.82. The van der Waals surface area contributed by atoms with Crippen molar-refractivity contribution in [3.63, 3.8) is 0 Å². The molecule has 1 aromatic rings. The van der Waals surface area contributed by atoms with Gasteiger partial charge in [0.1, 0.15) is 0 Å². The lowest BCUT2D eigenvalue weighted by Crippen LogP contribution is -2.37. The van der Waals surface area contributed by atoms with Crippen LogP contribution in [-0.2, 0) is 16.1 Å². The van der Waals surface area contributed by atoms with Gasteiger partial charge in [-0.25, -0.2) is 4.79 Å². The standard InChI is InChI=1S/C14H24N4O3/c1-5-10(6-2)16-11(19)8-21-14(20)13-12(15)9(4)17-18(13)7-3/h10H,5-8,15H2,1-4H3,(H,16,19). The van der Waals surface area contributed by atoms with Gasteiger partial charge in [-0.15, -0.1) is 0 Å². The van der Waals surface area contributed by atoms with Crippen molar-refractivity contribution >= 4 is 17.6 Å². The predicted molar refractivity (Wildman–Crippen MR) is 79.8 cm³/mol. The number of carbonyl (C=O) groups is 2. The van der Waals surface area contributed by atoms with Crippen LogP contribution in [0, 0.1) is 6.92 Å². The number of anilines is 1. The van der Waals surface area contributed by atoms with Crippen LogP contribution in [0.5, 0.6) is 0 Å². The molecule has 0 atom stereocenters. The van der Waals surface area contributed by atoms with Crippen molar-refractivity contribution in [2.24, 2.45) is 0 Å². The molecule has 1 aromatic heterocycles. The minimum absolute atomic E-state index is 0.102. The number of aromatic nitrogens is 2. The molecule has 0 saturated carbocycles. The van der Waals surface area contributed by atoms with Gasteiger partial charge in [-0.3, -0.25) is 9.48 Å². The van der Waals surface area contributed by atoms with Crippen LogP contribution >= 0.6 is 0 Å². The quantitative estimate of drug-likeness (QED) is 0.738. The number of carbonyl (C=O) groups excluding carboxylic acids is 2. The van der Waals surface area contributed by atoms with E-state index < -0.39 is 5.97 Å². The molecule has 7 nitrogen and oxygen atoms in total. The van der Waals surface area contributed by atoms with E-state index in [1.807, 2.05) is 20.8 Å². The van der Waals surface area contributed by atoms with Gasteiger partial charge < -0.3 is 15.8 Å². The highest BCUT2D eigenvalue weighted by Gasteiger charge is 2.21. The van der Waals surface area contributed by atoms with Gasteiger partial charge in [0.25, 0.3) is 5.91 Å². The van der Waals surface area contributed by atoms with Crippen molar-refractivity contribution in [3.8, 4) is 0 Å². The fraction of sp³-hybridized carbons (Fsp3) is 0.643. The number of nitrogens with two attached hydrogens (primary N) is 1. The Balaban J connectivity index is 2.64. The third-order valence-electron chi connectivity index (χ3n) is 3.35. The lowest BCUT2D eigenvalue weighted by molar-refractivity contribution is -0.125. The Kier molecular flexibility index (Phi) is 6.20. The summed E-state index contributed by atoms with van der Waals surface area (Å²) in [6.45, 7) is 7.74. The fourth-order valence-corrected chi connectivity index (χ4v) is 2.00. The van der Waals surface area contributed by atoms with Crippen molar-refractivity contribution in [2.45, 2.75) is 53.1 Å². The van der Waals surface area contributed by atoms with E-state index in [-0.39, 0.29) is 24.2 Å². The number of nitrogen functional groups attached to an aromatic ring is 1. The third-order valence-corrected chi connectivity index (χ3v) is 3.35. The van der Waals surface area contributed by atoms with Crippen LogP contribution in [0.2, 0.25) is 0 Å². The topological polar surface area (TPSA) is 99.2 Å². The number of nitrogens with zero attached hydrogens (tertiary/aromatic N) is 2. The van der Waals surface area contributed by atoms with Crippen LogP contribution in [0.15, 0.2) is 0 Å². The van der Waals surface area contributed by atoms with Crippen molar-refractivity contribution in [3.05, 3.63) is 11.4 Å². The summed E-state index contributed by atoms with van der Waals surface area (Å²) in [4.78, 5) is 23.8. The zero-order valence-corrected chi connectivity index (χ0v) is 13.1. The average molecular weight is 296 g/mol. The number of amides is 1. The second kappa shape index (κ2) is 7.66. The van der Waals surface area contributed by atoms with E-state index in [1.54, 1.807) is 6.92 Å². The van der Waals surface area contributed by atoms with Crippen LogP contribution in [0.4, 0.5) is 5.69 Å². The first-order chi connectivity index (χ1) is 9.94. The van der Waals surface area contributed by atoms with Gasteiger partial charge in [-0.05, 0) is 26.7 Å². The molecule has 0 bridgehead atoms. The molecular formula is C14H24N4O3. The van der Waals surface area contributed by atoms with Gasteiger partial charge in [0.05, 0.1) is 11.4 Å². The van der Waals surface area contributed by atoms with E-state index in [1.165, 1.54) is 4.68 Å². The van der Waals surface area contributed by atoms with Gasteiger partial charge in [-0.1, -0.05) is 13.8 Å². The van der Waals surface area contributed by atoms with Gasteiger partial charge in [0.2, 0.25) is 0 Å². The van der Waals surface area contributed by atoms with Gasteiger partial charge >= 0.3 is 5.97 Å². The van der Waals surface area contributed by atoms with Crippen LogP contribution < -0.4 is 11.1 Å². The molecule has 0 radical (unpaired) electrons. The number of hydrogen-bond donors (Lipinski definition) is 2. The van der Waals surface area contributed by atoms with Crippen molar-refractivity contribution in [1.82, 2.24) is 15.1 Å². The van der Waals surface area contributed by atoms with Gasteiger partial charge in [0.15, 0.2) is 12.3 Å². The van der Waals surface area contributed by atoms with E-state index in [4.69, 9.17) is 10.5 Å². The van der Waals surface area contributed by atoms with Crippen LogP contribution in [0.1, 0.15) is 49.8 Å². The van der Waals surface area contributed by atoms with Crippen LogP contribution in [-0.4, -0.2) is 34.3 Å². The molecule has 0 aliphatic rings. The normalized spacial score (nSPS) is 10.7. The Morgan fingerprint density at radius 2 is 1.95 bits per heavy atom. The maximum atomic E-state index is 12.0. The molecule has 0 spiro atoms. The first-order valence-corrected chi connectivity index (χ1v) is 7.23. The average Bonchev–Trinajstić information content (AvgIpc) is 2.77. The van der Waals surface area contributed by atoms with Crippen molar-refractivity contribution < 1.29 is 14.3 Å². The Labute approximate surface area is 124 Å². The van der Waals surface area contributed by atoms with Gasteiger partial charge in [0, 0.05) is 12.6 Å². The van der Waals surface area contributed by atoms with Crippen LogP contribution in [0.3, 0.4) is 0 Å². The lowest BCUT2D eigenvalue weighted by Gasteiger charge is -2.14. The molecule has 21 heavy (non-hydrogen) atoms. The molecule has 0 saturated heterocycles. The summed E-state index contributed by atoms with van der Waals surface area (Å²) in [5.41, 5.74) is 6.89. The summed E-state index contributed by atoms with van der Waals surface area (Å²) in [6, 6.07) is 0.102. The first kappa shape index (κ1) is 17.0. The third kappa shape index (κ3) is 4.21. The number of nitrogens with one attached hydrogen (secondary N) is 1.